The minimum Gasteiger partial charge on any atom is -0.488 e. The summed E-state index contributed by atoms with van der Waals surface area (Å²) >= 11 is 1.54. The van der Waals surface area contributed by atoms with Crippen LogP contribution < -0.4 is 10.1 Å². The fraction of sp³-hybridized carbons (Fsp3) is 0.263. The molecule has 0 bridgehead atoms. The van der Waals surface area contributed by atoms with E-state index in [2.05, 4.69) is 10.3 Å². The van der Waals surface area contributed by atoms with Gasteiger partial charge in [0.05, 0.1) is 20.8 Å². The highest BCUT2D eigenvalue weighted by molar-refractivity contribution is 7.90. The molecule has 2 aromatic carbocycles. The number of fused-ring (bicyclic) bond motifs is 1. The maximum atomic E-state index is 14.1. The van der Waals surface area contributed by atoms with Crippen molar-refractivity contribution in [3.8, 4) is 5.75 Å². The molecule has 1 amide bonds. The topological polar surface area (TPSA) is 85.4 Å². The molecule has 4 rings (SSSR count). The van der Waals surface area contributed by atoms with Crippen molar-refractivity contribution in [3.63, 3.8) is 0 Å². The number of para-hydroxylation sites is 1. The largest absolute Gasteiger partial charge is 0.488 e. The van der Waals surface area contributed by atoms with E-state index in [1.54, 1.807) is 5.51 Å². The molecule has 146 valence electrons. The van der Waals surface area contributed by atoms with E-state index in [4.69, 9.17) is 4.74 Å². The Kier molecular flexibility index (Phi) is 4.80. The van der Waals surface area contributed by atoms with Crippen molar-refractivity contribution in [2.45, 2.75) is 23.8 Å². The zero-order valence-corrected chi connectivity index (χ0v) is 16.5. The first kappa shape index (κ1) is 18.8. The Morgan fingerprint density at radius 2 is 2.07 bits per heavy atom. The zero-order valence-electron chi connectivity index (χ0n) is 14.9. The fourth-order valence-corrected chi connectivity index (χ4v) is 4.40. The van der Waals surface area contributed by atoms with Crippen molar-refractivity contribution in [2.24, 2.45) is 5.92 Å². The van der Waals surface area contributed by atoms with Crippen LogP contribution in [0.2, 0.25) is 0 Å². The third-order valence-electron chi connectivity index (χ3n) is 4.71. The molecule has 9 heteroatoms. The number of amides is 1. The predicted molar refractivity (Wildman–Crippen MR) is 105 cm³/mol. The van der Waals surface area contributed by atoms with E-state index in [9.17, 15) is 17.6 Å². The molecule has 1 fully saturated rings. The van der Waals surface area contributed by atoms with E-state index in [1.165, 1.54) is 23.5 Å². The van der Waals surface area contributed by atoms with Gasteiger partial charge < -0.3 is 10.1 Å². The van der Waals surface area contributed by atoms with E-state index < -0.39 is 15.7 Å². The maximum absolute atomic E-state index is 14.1. The number of carbonyl (C=O) groups excluding carboxylic acids is 1. The van der Waals surface area contributed by atoms with Crippen molar-refractivity contribution in [3.05, 3.63) is 47.7 Å². The Hall–Kier alpha value is -2.52. The summed E-state index contributed by atoms with van der Waals surface area (Å²) in [4.78, 5) is 16.5. The predicted octanol–water partition coefficient (Wildman–Crippen LogP) is 3.64. The molecule has 28 heavy (non-hydrogen) atoms. The van der Waals surface area contributed by atoms with Crippen molar-refractivity contribution >= 4 is 43.0 Å². The van der Waals surface area contributed by atoms with E-state index in [0.717, 1.165) is 22.5 Å². The van der Waals surface area contributed by atoms with Gasteiger partial charge in [-0.25, -0.2) is 17.8 Å². The molecule has 1 saturated carbocycles. The lowest BCUT2D eigenvalue weighted by Gasteiger charge is -2.34. The summed E-state index contributed by atoms with van der Waals surface area (Å²) in [5.74, 6) is -0.671. The second kappa shape index (κ2) is 7.14. The molecular formula is C19H17FN2O4S2. The van der Waals surface area contributed by atoms with E-state index in [-0.39, 0.29) is 28.5 Å². The molecule has 1 N–H and O–H groups in total. The number of benzene rings is 2. The van der Waals surface area contributed by atoms with Crippen LogP contribution in [-0.2, 0) is 14.6 Å². The van der Waals surface area contributed by atoms with Crippen LogP contribution in [0.25, 0.3) is 10.2 Å². The minimum absolute atomic E-state index is 0.0333. The Bertz CT molecular complexity index is 1150. The molecule has 0 unspecified atom stereocenters. The third kappa shape index (κ3) is 3.72. The third-order valence-corrected chi connectivity index (χ3v) is 6.61. The van der Waals surface area contributed by atoms with E-state index in [1.807, 2.05) is 18.2 Å². The number of ether oxygens (including phenoxy) is 1. The molecule has 0 spiro atoms. The van der Waals surface area contributed by atoms with Gasteiger partial charge in [0.25, 0.3) is 0 Å². The Morgan fingerprint density at radius 1 is 1.29 bits per heavy atom. The second-order valence-electron chi connectivity index (χ2n) is 6.77. The highest BCUT2D eigenvalue weighted by Crippen LogP contribution is 2.35. The fourth-order valence-electron chi connectivity index (χ4n) is 3.07. The van der Waals surface area contributed by atoms with Crippen LogP contribution in [0.3, 0.4) is 0 Å². The van der Waals surface area contributed by atoms with Crippen LogP contribution in [0, 0.1) is 11.7 Å². The number of sulfone groups is 1. The number of rotatable bonds is 5. The minimum atomic E-state index is -3.50. The molecule has 1 heterocycles. The van der Waals surface area contributed by atoms with Crippen LogP contribution in [0.5, 0.6) is 5.75 Å². The smallest absolute Gasteiger partial charge is 0.227 e. The van der Waals surface area contributed by atoms with Gasteiger partial charge in [-0.05, 0) is 43.2 Å². The summed E-state index contributed by atoms with van der Waals surface area (Å²) in [5.41, 5.74) is 2.54. The first-order valence-electron chi connectivity index (χ1n) is 8.60. The Balaban J connectivity index is 1.36. The van der Waals surface area contributed by atoms with Gasteiger partial charge in [-0.15, -0.1) is 11.3 Å². The van der Waals surface area contributed by atoms with Gasteiger partial charge in [-0.1, -0.05) is 6.07 Å². The number of aromatic nitrogens is 1. The average Bonchev–Trinajstić information content (AvgIpc) is 3.08. The number of thiazole rings is 1. The quantitative estimate of drug-likeness (QED) is 0.681. The average molecular weight is 420 g/mol. The number of halogens is 1. The van der Waals surface area contributed by atoms with Crippen molar-refractivity contribution in [1.82, 2.24) is 4.98 Å². The van der Waals surface area contributed by atoms with E-state index >= 15 is 0 Å². The molecule has 3 aromatic rings. The number of hydrogen-bond acceptors (Lipinski definition) is 6. The van der Waals surface area contributed by atoms with Gasteiger partial charge in [-0.2, -0.15) is 0 Å². The first-order chi connectivity index (χ1) is 13.3. The molecule has 1 aliphatic carbocycles. The number of carbonyl (C=O) groups is 1. The summed E-state index contributed by atoms with van der Waals surface area (Å²) in [6, 6.07) is 9.18. The van der Waals surface area contributed by atoms with Gasteiger partial charge in [0.2, 0.25) is 5.91 Å². The summed E-state index contributed by atoms with van der Waals surface area (Å²) in [6.45, 7) is 0. The van der Waals surface area contributed by atoms with Crippen LogP contribution in [0.15, 0.2) is 46.8 Å². The molecule has 0 saturated heterocycles. The van der Waals surface area contributed by atoms with Gasteiger partial charge in [0.15, 0.2) is 9.84 Å². The highest BCUT2D eigenvalue weighted by atomic mass is 32.2. The van der Waals surface area contributed by atoms with Crippen LogP contribution in [-0.4, -0.2) is 31.7 Å². The standard InChI is InChI=1S/C19H17FN2O4S2/c1-28(24,25)13-5-6-15(14(20)9-13)22-19(23)11-7-12(8-11)26-16-3-2-4-17-18(16)21-10-27-17/h2-6,9-12H,7-8H2,1H3,(H,22,23)/t11-,12-. The molecule has 6 nitrogen and oxygen atoms in total. The summed E-state index contributed by atoms with van der Waals surface area (Å²) in [7, 11) is -3.50. The highest BCUT2D eigenvalue weighted by Gasteiger charge is 2.36. The summed E-state index contributed by atoms with van der Waals surface area (Å²) in [6.07, 6.45) is 1.95. The van der Waals surface area contributed by atoms with Crippen LogP contribution >= 0.6 is 11.3 Å². The zero-order chi connectivity index (χ0) is 19.9. The van der Waals surface area contributed by atoms with E-state index in [0.29, 0.717) is 18.6 Å². The normalized spacial score (nSPS) is 19.2. The molecular weight excluding hydrogens is 403 g/mol. The molecule has 1 aliphatic rings. The monoisotopic (exact) mass is 420 g/mol. The number of anilines is 1. The van der Waals surface area contributed by atoms with Crippen LogP contribution in [0.4, 0.5) is 10.1 Å². The molecule has 0 atom stereocenters. The molecule has 0 radical (unpaired) electrons. The van der Waals surface area contributed by atoms with Crippen molar-refractivity contribution in [1.29, 1.82) is 0 Å². The lowest BCUT2D eigenvalue weighted by Crippen LogP contribution is -2.41. The lowest BCUT2D eigenvalue weighted by atomic mass is 9.81. The number of nitrogens with zero attached hydrogens (tertiary/aromatic N) is 1. The van der Waals surface area contributed by atoms with Crippen LogP contribution in [0.1, 0.15) is 12.8 Å². The Labute approximate surface area is 165 Å². The van der Waals surface area contributed by atoms with Gasteiger partial charge in [0.1, 0.15) is 23.2 Å². The molecule has 1 aromatic heterocycles. The van der Waals surface area contributed by atoms with Crippen molar-refractivity contribution in [2.75, 3.05) is 11.6 Å². The van der Waals surface area contributed by atoms with Gasteiger partial charge in [-0.3, -0.25) is 4.79 Å². The summed E-state index contributed by atoms with van der Waals surface area (Å²) < 4.78 is 44.0. The maximum Gasteiger partial charge on any atom is 0.227 e. The number of nitrogens with one attached hydrogen (secondary N) is 1. The second-order valence-corrected chi connectivity index (χ2v) is 9.67. The van der Waals surface area contributed by atoms with Crippen molar-refractivity contribution < 1.29 is 22.3 Å². The number of hydrogen-bond donors (Lipinski definition) is 1. The SMILES string of the molecule is CS(=O)(=O)c1ccc(NC(=O)[C@H]2C[C@H](Oc3cccc4scnc34)C2)c(F)c1. The molecule has 0 aliphatic heterocycles. The Morgan fingerprint density at radius 3 is 2.79 bits per heavy atom. The van der Waals surface area contributed by atoms with Gasteiger partial charge in [0, 0.05) is 12.2 Å². The first-order valence-corrected chi connectivity index (χ1v) is 11.4. The lowest BCUT2D eigenvalue weighted by molar-refractivity contribution is -0.125. The van der Waals surface area contributed by atoms with Gasteiger partial charge >= 0.3 is 0 Å². The summed E-state index contributed by atoms with van der Waals surface area (Å²) in [5, 5.41) is 2.53.